The van der Waals surface area contributed by atoms with Crippen LogP contribution in [0.25, 0.3) is 0 Å². The van der Waals surface area contributed by atoms with Crippen LogP contribution in [0, 0.1) is 12.8 Å². The Kier molecular flexibility index (Phi) is 4.71. The van der Waals surface area contributed by atoms with Gasteiger partial charge in [-0.2, -0.15) is 0 Å². The minimum absolute atomic E-state index is 0.111. The summed E-state index contributed by atoms with van der Waals surface area (Å²) in [5, 5.41) is 2.35. The molecule has 16 heavy (non-hydrogen) atoms. The highest BCUT2D eigenvalue weighted by atomic mass is 31.0. The van der Waals surface area contributed by atoms with E-state index in [0.717, 1.165) is 5.30 Å². The summed E-state index contributed by atoms with van der Waals surface area (Å²) in [6.45, 7) is 6.01. The van der Waals surface area contributed by atoms with Crippen molar-refractivity contribution < 1.29 is 4.79 Å². The first-order valence-electron chi connectivity index (χ1n) is 5.51. The molecule has 0 spiro atoms. The summed E-state index contributed by atoms with van der Waals surface area (Å²) in [5.41, 5.74) is 3.68. The van der Waals surface area contributed by atoms with E-state index in [1.54, 1.807) is 0 Å². The van der Waals surface area contributed by atoms with E-state index < -0.39 is 0 Å². The van der Waals surface area contributed by atoms with Crippen molar-refractivity contribution in [2.75, 3.05) is 0 Å². The molecule has 0 radical (unpaired) electrons. The van der Waals surface area contributed by atoms with Gasteiger partial charge < -0.3 is 0 Å². The molecule has 4 heteroatoms. The van der Waals surface area contributed by atoms with Gasteiger partial charge in [0.25, 0.3) is 0 Å². The molecule has 0 bridgehead atoms. The summed E-state index contributed by atoms with van der Waals surface area (Å²) in [6.07, 6.45) is 0.550. The smallest absolute Gasteiger partial charge is 0.140 e. The molecular formula is C12H19BOP2. The molecule has 86 valence electrons. The van der Waals surface area contributed by atoms with Crippen LogP contribution in [0.4, 0.5) is 0 Å². The molecule has 1 nitrogen and oxygen atoms in total. The maximum Gasteiger partial charge on any atom is 0.140 e. The van der Waals surface area contributed by atoms with E-state index >= 15 is 0 Å². The summed E-state index contributed by atoms with van der Waals surface area (Å²) >= 11 is 0. The lowest BCUT2D eigenvalue weighted by Gasteiger charge is -2.15. The molecular weight excluding hydrogens is 233 g/mol. The van der Waals surface area contributed by atoms with Crippen molar-refractivity contribution in [2.24, 2.45) is 5.92 Å². The van der Waals surface area contributed by atoms with Crippen molar-refractivity contribution in [1.82, 2.24) is 0 Å². The number of rotatable bonds is 3. The van der Waals surface area contributed by atoms with Crippen LogP contribution in [0.5, 0.6) is 0 Å². The van der Waals surface area contributed by atoms with Gasteiger partial charge in [-0.25, -0.2) is 0 Å². The minimum Gasteiger partial charge on any atom is -0.299 e. The normalized spacial score (nSPS) is 10.9. The zero-order valence-electron chi connectivity index (χ0n) is 10.4. The molecule has 0 heterocycles. The van der Waals surface area contributed by atoms with Crippen molar-refractivity contribution in [1.29, 1.82) is 0 Å². The second-order valence-electron chi connectivity index (χ2n) is 4.58. The molecule has 0 aromatic heterocycles. The highest BCUT2D eigenvalue weighted by Gasteiger charge is 2.14. The number of carbonyl (C=O) groups is 1. The first kappa shape index (κ1) is 13.9. The largest absolute Gasteiger partial charge is 0.299 e. The zero-order valence-corrected chi connectivity index (χ0v) is 12.7. The van der Waals surface area contributed by atoms with Gasteiger partial charge >= 0.3 is 0 Å². The Morgan fingerprint density at radius 1 is 1.38 bits per heavy atom. The lowest BCUT2D eigenvalue weighted by molar-refractivity contribution is -0.121. The number of hydrogen-bond donors (Lipinski definition) is 0. The van der Waals surface area contributed by atoms with Gasteiger partial charge in [0.15, 0.2) is 0 Å². The quantitative estimate of drug-likeness (QED) is 0.547. The van der Waals surface area contributed by atoms with Gasteiger partial charge in [0.05, 0.1) is 0 Å². The first-order chi connectivity index (χ1) is 7.34. The molecule has 0 N–H and O–H groups in total. The van der Waals surface area contributed by atoms with E-state index in [9.17, 15) is 4.79 Å². The van der Waals surface area contributed by atoms with Crippen molar-refractivity contribution in [3.8, 4) is 0 Å². The average Bonchev–Trinajstić information content (AvgIpc) is 2.20. The van der Waals surface area contributed by atoms with Crippen LogP contribution < -0.4 is 16.1 Å². The van der Waals surface area contributed by atoms with Gasteiger partial charge in [-0.1, -0.05) is 24.9 Å². The first-order valence-corrected chi connectivity index (χ1v) is 6.66. The predicted octanol–water partition coefficient (Wildman–Crippen LogP) is 0.0218. The Morgan fingerprint density at radius 2 is 1.94 bits per heavy atom. The molecule has 2 unspecified atom stereocenters. The second kappa shape index (κ2) is 5.43. The molecule has 2 atom stereocenters. The zero-order chi connectivity index (χ0) is 12.5. The van der Waals surface area contributed by atoms with Crippen LogP contribution >= 0.6 is 18.5 Å². The molecule has 0 saturated carbocycles. The summed E-state index contributed by atoms with van der Waals surface area (Å²) in [6, 6.07) is 2.11. The molecule has 0 fully saturated rings. The summed E-state index contributed by atoms with van der Waals surface area (Å²) in [4.78, 5) is 11.8. The Morgan fingerprint density at radius 3 is 2.44 bits per heavy atom. The third kappa shape index (κ3) is 2.93. The van der Waals surface area contributed by atoms with Crippen molar-refractivity contribution in [3.63, 3.8) is 0 Å². The molecule has 0 saturated heterocycles. The van der Waals surface area contributed by atoms with Gasteiger partial charge in [0.1, 0.15) is 13.6 Å². The van der Waals surface area contributed by atoms with Gasteiger partial charge in [-0.15, -0.1) is 18.5 Å². The van der Waals surface area contributed by atoms with Gasteiger partial charge in [0, 0.05) is 12.3 Å². The van der Waals surface area contributed by atoms with E-state index in [0.29, 0.717) is 12.2 Å². The maximum absolute atomic E-state index is 11.8. The third-order valence-corrected chi connectivity index (χ3v) is 4.22. The number of ketones is 1. The Balaban J connectivity index is 3.15. The fourth-order valence-corrected chi connectivity index (χ4v) is 2.72. The van der Waals surface area contributed by atoms with E-state index in [1.165, 1.54) is 21.9 Å². The number of carbonyl (C=O) groups excluding carboxylic acids is 1. The van der Waals surface area contributed by atoms with E-state index in [2.05, 4.69) is 39.3 Å². The maximum atomic E-state index is 11.8. The monoisotopic (exact) mass is 252 g/mol. The molecule has 0 aliphatic carbocycles. The minimum atomic E-state index is 0.111. The molecule has 1 aromatic carbocycles. The lowest BCUT2D eigenvalue weighted by atomic mass is 9.86. The van der Waals surface area contributed by atoms with E-state index in [4.69, 9.17) is 0 Å². The number of Topliss-reactive ketones (excluding diaryl/α,β-unsaturated/α-hetero) is 1. The van der Waals surface area contributed by atoms with Crippen LogP contribution in [0.15, 0.2) is 6.07 Å². The average molecular weight is 252 g/mol. The fraction of sp³-hybridized carbons (Fsp3) is 0.417. The highest BCUT2D eigenvalue weighted by molar-refractivity contribution is 7.30. The standard InChI is InChI=1S/C12H19BOP2/c1-6(2)9(14)4-8-7(3)12(13)11(16)5-10(8)15/h5-6H,4,13,15-16H2,1-3H3. The van der Waals surface area contributed by atoms with Gasteiger partial charge in [0.2, 0.25) is 0 Å². The predicted molar refractivity (Wildman–Crippen MR) is 81.6 cm³/mol. The van der Waals surface area contributed by atoms with Crippen LogP contribution in [0.1, 0.15) is 25.0 Å². The SMILES string of the molecule is Bc1c(P)cc(P)c(CC(=O)C(C)C)c1C. The van der Waals surface area contributed by atoms with Crippen molar-refractivity contribution in [3.05, 3.63) is 17.2 Å². The number of hydrogen-bond acceptors (Lipinski definition) is 1. The van der Waals surface area contributed by atoms with Gasteiger partial charge in [-0.3, -0.25) is 4.79 Å². The summed E-state index contributed by atoms with van der Waals surface area (Å²) in [5.74, 6) is 0.419. The van der Waals surface area contributed by atoms with Gasteiger partial charge in [-0.05, 0) is 29.2 Å². The van der Waals surface area contributed by atoms with Crippen LogP contribution in [-0.4, -0.2) is 13.6 Å². The molecule has 1 aromatic rings. The Hall–Kier alpha value is -0.185. The second-order valence-corrected chi connectivity index (χ2v) is 5.83. The fourth-order valence-electron chi connectivity index (χ4n) is 1.64. The van der Waals surface area contributed by atoms with Crippen molar-refractivity contribution >= 4 is 48.2 Å². The number of benzene rings is 1. The molecule has 0 aliphatic heterocycles. The summed E-state index contributed by atoms with van der Waals surface area (Å²) in [7, 11) is 7.58. The molecule has 1 rings (SSSR count). The van der Waals surface area contributed by atoms with Crippen LogP contribution in [0.2, 0.25) is 0 Å². The van der Waals surface area contributed by atoms with Crippen molar-refractivity contribution in [2.45, 2.75) is 27.2 Å². The lowest BCUT2D eigenvalue weighted by Crippen LogP contribution is -2.30. The molecule has 0 amide bonds. The third-order valence-electron chi connectivity index (χ3n) is 3.10. The highest BCUT2D eigenvalue weighted by Crippen LogP contribution is 2.10. The van der Waals surface area contributed by atoms with E-state index in [-0.39, 0.29) is 5.92 Å². The topological polar surface area (TPSA) is 17.1 Å². The Labute approximate surface area is 104 Å². The summed E-state index contributed by atoms with van der Waals surface area (Å²) < 4.78 is 0. The molecule has 0 aliphatic rings. The van der Waals surface area contributed by atoms with E-state index in [1.807, 2.05) is 13.8 Å². The van der Waals surface area contributed by atoms with Crippen LogP contribution in [-0.2, 0) is 11.2 Å². The Bertz CT molecular complexity index is 428. The van der Waals surface area contributed by atoms with Crippen LogP contribution in [0.3, 0.4) is 0 Å².